The predicted octanol–water partition coefficient (Wildman–Crippen LogP) is 4.37. The largest absolute Gasteiger partial charge is 0.457 e. The summed E-state index contributed by atoms with van der Waals surface area (Å²) >= 11 is 0. The Balaban J connectivity index is 1.70. The van der Waals surface area contributed by atoms with E-state index in [0.29, 0.717) is 18.3 Å². The van der Waals surface area contributed by atoms with Crippen molar-refractivity contribution in [2.24, 2.45) is 17.3 Å². The number of aliphatic hydroxyl groups is 1. The van der Waals surface area contributed by atoms with Gasteiger partial charge in [-0.25, -0.2) is 9.64 Å². The van der Waals surface area contributed by atoms with Crippen LogP contribution in [-0.2, 0) is 16.0 Å². The van der Waals surface area contributed by atoms with Crippen LogP contribution in [0.4, 0.5) is 5.69 Å². The molecule has 30 heavy (non-hydrogen) atoms. The fraction of sp³-hybridized carbons (Fsp3) is 0.625. The molecule has 2 fully saturated rings. The molecule has 1 N–H and O–H groups in total. The summed E-state index contributed by atoms with van der Waals surface area (Å²) in [5.41, 5.74) is 11.9. The van der Waals surface area contributed by atoms with Gasteiger partial charge in [0.2, 0.25) is 0 Å². The lowest BCUT2D eigenvalue weighted by atomic mass is 9.52. The zero-order valence-corrected chi connectivity index (χ0v) is 17.9. The molecule has 158 valence electrons. The van der Waals surface area contributed by atoms with Crippen molar-refractivity contribution in [1.29, 1.82) is 0 Å². The second kappa shape index (κ2) is 7.34. The van der Waals surface area contributed by atoms with Crippen LogP contribution in [0.5, 0.6) is 0 Å². The average Bonchev–Trinajstić information content (AvgIpc) is 3.00. The van der Waals surface area contributed by atoms with Gasteiger partial charge in [0, 0.05) is 5.41 Å². The van der Waals surface area contributed by atoms with E-state index in [4.69, 9.17) is 11.3 Å². The van der Waals surface area contributed by atoms with Crippen molar-refractivity contribution in [2.45, 2.75) is 70.8 Å². The number of ether oxygens (including phenoxy) is 1. The Labute approximate surface area is 177 Å². The molecule has 0 bridgehead atoms. The van der Waals surface area contributed by atoms with Crippen molar-refractivity contribution < 1.29 is 19.4 Å². The van der Waals surface area contributed by atoms with Gasteiger partial charge in [0.15, 0.2) is 11.3 Å². The summed E-state index contributed by atoms with van der Waals surface area (Å²) in [4.78, 5) is 19.3. The molecule has 0 heterocycles. The van der Waals surface area contributed by atoms with Gasteiger partial charge >= 0.3 is 11.7 Å². The lowest BCUT2D eigenvalue weighted by Gasteiger charge is -2.52. The van der Waals surface area contributed by atoms with Crippen LogP contribution >= 0.6 is 0 Å². The van der Waals surface area contributed by atoms with E-state index >= 15 is 0 Å². The zero-order valence-electron chi connectivity index (χ0n) is 17.9. The molecule has 5 atom stereocenters. The van der Waals surface area contributed by atoms with Crippen LogP contribution in [0, 0.1) is 30.7 Å². The molecule has 3 aliphatic carbocycles. The van der Waals surface area contributed by atoms with Crippen LogP contribution in [-0.4, -0.2) is 33.8 Å². The van der Waals surface area contributed by atoms with Crippen LogP contribution in [0.3, 0.4) is 0 Å². The van der Waals surface area contributed by atoms with Crippen molar-refractivity contribution in [2.75, 3.05) is 6.61 Å². The third-order valence-electron chi connectivity index (χ3n) is 8.40. The van der Waals surface area contributed by atoms with Crippen LogP contribution < -0.4 is 0 Å². The van der Waals surface area contributed by atoms with Gasteiger partial charge < -0.3 is 15.4 Å². The first-order valence-electron chi connectivity index (χ1n) is 10.9. The summed E-state index contributed by atoms with van der Waals surface area (Å²) in [7, 11) is 0. The zero-order chi connectivity index (χ0) is 21.7. The number of nitrogens with zero attached hydrogens (tertiary/aromatic N) is 3. The molecule has 0 amide bonds. The highest BCUT2D eigenvalue weighted by atomic mass is 16.5. The average molecular weight is 408 g/mol. The van der Waals surface area contributed by atoms with E-state index in [9.17, 15) is 15.4 Å². The Morgan fingerprint density at radius 2 is 2.10 bits per heavy atom. The molecule has 4 rings (SSSR count). The minimum Gasteiger partial charge on any atom is -0.457 e. The van der Waals surface area contributed by atoms with Crippen LogP contribution in [0.15, 0.2) is 12.1 Å². The quantitative estimate of drug-likeness (QED) is 0.265. The van der Waals surface area contributed by atoms with E-state index in [0.717, 1.165) is 43.4 Å². The van der Waals surface area contributed by atoms with Gasteiger partial charge in [-0.1, -0.05) is 24.6 Å². The minimum atomic E-state index is -1.48. The molecule has 0 aliphatic heterocycles. The molecule has 3 unspecified atom stereocenters. The van der Waals surface area contributed by atoms with Gasteiger partial charge in [-0.05, 0) is 81.3 Å². The highest BCUT2D eigenvalue weighted by Gasteiger charge is 2.68. The normalized spacial score (nSPS) is 34.0. The van der Waals surface area contributed by atoms with Gasteiger partial charge in [0.25, 0.3) is 0 Å². The number of esters is 1. The molecule has 2 saturated carbocycles. The van der Waals surface area contributed by atoms with Crippen molar-refractivity contribution >= 4 is 17.4 Å². The maximum Gasteiger partial charge on any atom is 0.420 e. The fourth-order valence-corrected chi connectivity index (χ4v) is 6.85. The van der Waals surface area contributed by atoms with Gasteiger partial charge in [0.1, 0.15) is 0 Å². The van der Waals surface area contributed by atoms with Crippen LogP contribution in [0.25, 0.3) is 10.4 Å². The third-order valence-corrected chi connectivity index (χ3v) is 8.40. The molecule has 6 heteroatoms. The van der Waals surface area contributed by atoms with E-state index in [-0.39, 0.29) is 18.2 Å². The summed E-state index contributed by atoms with van der Waals surface area (Å²) in [5.74, 6) is 0.319. The lowest BCUT2D eigenvalue weighted by molar-refractivity contribution is -0.148. The monoisotopic (exact) mass is 407 g/mol. The molecular weight excluding hydrogens is 378 g/mol. The topological polar surface area (TPSA) is 87.3 Å². The fourth-order valence-electron chi connectivity index (χ4n) is 6.85. The van der Waals surface area contributed by atoms with Crippen molar-refractivity contribution in [3.05, 3.63) is 45.8 Å². The maximum atomic E-state index is 12.4. The molecule has 0 spiro atoms. The Morgan fingerprint density at radius 3 is 2.77 bits per heavy atom. The molecule has 1 aromatic rings. The van der Waals surface area contributed by atoms with E-state index in [1.165, 1.54) is 11.1 Å². The Bertz CT molecular complexity index is 990. The molecule has 6 nitrogen and oxygen atoms in total. The number of carbonyl (C=O) groups excluding carboxylic acids is 1. The SMILES string of the molecule is [C-]#[N+]c1ccc2c(c1C)CCC1C2CC[C@@]2(C)C1CC[C@@]2(O)C(=[N+]=[N-])C(=O)OCC. The van der Waals surface area contributed by atoms with E-state index in [2.05, 4.69) is 22.6 Å². The summed E-state index contributed by atoms with van der Waals surface area (Å²) in [5, 5.41) is 11.7. The van der Waals surface area contributed by atoms with E-state index < -0.39 is 17.0 Å². The predicted molar refractivity (Wildman–Crippen MR) is 112 cm³/mol. The number of carbonyl (C=O) groups is 1. The highest BCUT2D eigenvalue weighted by Crippen LogP contribution is 2.64. The number of rotatable bonds is 3. The number of hydrogen-bond donors (Lipinski definition) is 1. The first kappa shape index (κ1) is 20.8. The molecule has 0 aromatic heterocycles. The van der Waals surface area contributed by atoms with Gasteiger partial charge in [-0.15, -0.1) is 0 Å². The van der Waals surface area contributed by atoms with E-state index in [1.807, 2.05) is 13.0 Å². The minimum absolute atomic E-state index is 0.168. The third kappa shape index (κ3) is 2.69. The number of fused-ring (bicyclic) bond motifs is 5. The van der Waals surface area contributed by atoms with Gasteiger partial charge in [-0.2, -0.15) is 4.79 Å². The Kier molecular flexibility index (Phi) is 5.08. The summed E-state index contributed by atoms with van der Waals surface area (Å²) in [6.45, 7) is 13.4. The standard InChI is InChI=1S/C24H29N3O3/c1-5-30-22(28)21(27-25)24(29)13-11-19-18-7-6-15-14(2)20(26-4)9-8-16(15)17(18)10-12-23(19,24)3/h8-9,17-19,29H,5-7,10-13H2,1-3H3/t17?,18?,19?,23-,24+/m0/s1. The molecule has 3 aliphatic rings. The van der Waals surface area contributed by atoms with Gasteiger partial charge in [0.05, 0.1) is 13.2 Å². The Morgan fingerprint density at radius 1 is 1.33 bits per heavy atom. The Hall–Kier alpha value is -2.48. The second-order valence-electron chi connectivity index (χ2n) is 9.33. The summed E-state index contributed by atoms with van der Waals surface area (Å²) in [6.07, 6.45) is 4.80. The molecule has 0 radical (unpaired) electrons. The first-order valence-corrected chi connectivity index (χ1v) is 10.9. The number of benzene rings is 1. The molecule has 0 saturated heterocycles. The number of hydrogen-bond acceptors (Lipinski definition) is 3. The maximum absolute atomic E-state index is 12.4. The first-order chi connectivity index (χ1) is 14.3. The van der Waals surface area contributed by atoms with Crippen molar-refractivity contribution in [3.8, 4) is 0 Å². The van der Waals surface area contributed by atoms with Crippen LogP contribution in [0.1, 0.15) is 68.6 Å². The molecular formula is C24H29N3O3. The van der Waals surface area contributed by atoms with Crippen molar-refractivity contribution in [3.63, 3.8) is 0 Å². The van der Waals surface area contributed by atoms with Crippen molar-refractivity contribution in [1.82, 2.24) is 0 Å². The van der Waals surface area contributed by atoms with Crippen LogP contribution in [0.2, 0.25) is 0 Å². The smallest absolute Gasteiger partial charge is 0.420 e. The highest BCUT2D eigenvalue weighted by molar-refractivity contribution is 6.37. The summed E-state index contributed by atoms with van der Waals surface area (Å²) in [6, 6.07) is 4.08. The molecule has 1 aromatic carbocycles. The van der Waals surface area contributed by atoms with Gasteiger partial charge in [-0.3, -0.25) is 0 Å². The second-order valence-corrected chi connectivity index (χ2v) is 9.33. The lowest BCUT2D eigenvalue weighted by Crippen LogP contribution is -2.57. The van der Waals surface area contributed by atoms with E-state index in [1.54, 1.807) is 6.92 Å². The summed E-state index contributed by atoms with van der Waals surface area (Å²) < 4.78 is 5.07.